The minimum absolute atomic E-state index is 0.00310. The Morgan fingerprint density at radius 2 is 1.50 bits per heavy atom. The average molecular weight is 305 g/mol. The number of carbonyl (C=O) groups is 2. The monoisotopic (exact) mass is 305 g/mol. The first-order valence-electron chi connectivity index (χ1n) is 8.03. The van der Waals surface area contributed by atoms with Gasteiger partial charge in [-0.2, -0.15) is 5.26 Å². The first-order chi connectivity index (χ1) is 10.0. The SMILES string of the molecule is CC(C)(C)C(=O)N1CC(CC(C)(C)C(=O)N2CC(C#N)C2)C1. The van der Waals surface area contributed by atoms with Crippen molar-refractivity contribution in [2.24, 2.45) is 22.7 Å². The molecular weight excluding hydrogens is 278 g/mol. The van der Waals surface area contributed by atoms with Crippen molar-refractivity contribution in [1.29, 1.82) is 5.26 Å². The molecule has 0 unspecified atom stereocenters. The minimum atomic E-state index is -0.415. The maximum Gasteiger partial charge on any atom is 0.228 e. The Bertz CT molecular complexity index is 501. The Morgan fingerprint density at radius 3 is 1.95 bits per heavy atom. The molecule has 0 bridgehead atoms. The molecular formula is C17H27N3O2. The van der Waals surface area contributed by atoms with Crippen LogP contribution in [0.4, 0.5) is 0 Å². The van der Waals surface area contributed by atoms with E-state index in [9.17, 15) is 9.59 Å². The van der Waals surface area contributed by atoms with Gasteiger partial charge in [0.15, 0.2) is 0 Å². The summed E-state index contributed by atoms with van der Waals surface area (Å²) in [5, 5.41) is 8.80. The van der Waals surface area contributed by atoms with Gasteiger partial charge in [-0.3, -0.25) is 9.59 Å². The van der Waals surface area contributed by atoms with Crippen molar-refractivity contribution < 1.29 is 9.59 Å². The second kappa shape index (κ2) is 5.57. The number of rotatable bonds is 3. The fourth-order valence-corrected chi connectivity index (χ4v) is 3.30. The van der Waals surface area contributed by atoms with E-state index in [0.29, 0.717) is 19.0 Å². The largest absolute Gasteiger partial charge is 0.342 e. The lowest BCUT2D eigenvalue weighted by atomic mass is 9.77. The Morgan fingerprint density at radius 1 is 1.00 bits per heavy atom. The number of hydrogen-bond acceptors (Lipinski definition) is 3. The van der Waals surface area contributed by atoms with E-state index in [2.05, 4.69) is 6.07 Å². The van der Waals surface area contributed by atoms with Gasteiger partial charge >= 0.3 is 0 Å². The smallest absolute Gasteiger partial charge is 0.228 e. The summed E-state index contributed by atoms with van der Waals surface area (Å²) in [5.41, 5.74) is -0.748. The van der Waals surface area contributed by atoms with Crippen LogP contribution in [0, 0.1) is 34.0 Å². The summed E-state index contributed by atoms with van der Waals surface area (Å²) >= 11 is 0. The number of amides is 2. The number of likely N-dealkylation sites (tertiary alicyclic amines) is 2. The van der Waals surface area contributed by atoms with Gasteiger partial charge in [-0.1, -0.05) is 34.6 Å². The van der Waals surface area contributed by atoms with Crippen LogP contribution in [0.5, 0.6) is 0 Å². The first kappa shape index (κ1) is 16.8. The lowest BCUT2D eigenvalue weighted by molar-refractivity contribution is -0.151. The highest BCUT2D eigenvalue weighted by molar-refractivity contribution is 5.83. The third kappa shape index (κ3) is 3.26. The van der Waals surface area contributed by atoms with Crippen LogP contribution in [-0.2, 0) is 9.59 Å². The van der Waals surface area contributed by atoms with E-state index in [0.717, 1.165) is 19.5 Å². The molecule has 0 aliphatic carbocycles. The van der Waals surface area contributed by atoms with Crippen molar-refractivity contribution in [3.8, 4) is 6.07 Å². The predicted octanol–water partition coefficient (Wildman–Crippen LogP) is 1.89. The lowest BCUT2D eigenvalue weighted by Gasteiger charge is -2.46. The van der Waals surface area contributed by atoms with E-state index in [1.807, 2.05) is 39.5 Å². The molecule has 0 N–H and O–H groups in total. The number of nitrogens with zero attached hydrogens (tertiary/aromatic N) is 3. The zero-order chi connectivity index (χ0) is 16.7. The summed E-state index contributed by atoms with van der Waals surface area (Å²) in [6.07, 6.45) is 0.799. The average Bonchev–Trinajstić information content (AvgIpc) is 2.29. The topological polar surface area (TPSA) is 64.4 Å². The van der Waals surface area contributed by atoms with E-state index in [-0.39, 0.29) is 23.1 Å². The normalized spacial score (nSPS) is 20.2. The molecule has 0 atom stereocenters. The molecule has 5 nitrogen and oxygen atoms in total. The highest BCUT2D eigenvalue weighted by Gasteiger charge is 2.43. The van der Waals surface area contributed by atoms with Gasteiger partial charge in [0.2, 0.25) is 11.8 Å². The summed E-state index contributed by atoms with van der Waals surface area (Å²) in [6, 6.07) is 2.20. The fraction of sp³-hybridized carbons (Fsp3) is 0.824. The summed E-state index contributed by atoms with van der Waals surface area (Å²) < 4.78 is 0. The Kier molecular flexibility index (Phi) is 4.25. The van der Waals surface area contributed by atoms with Crippen LogP contribution in [0.3, 0.4) is 0 Å². The Labute approximate surface area is 133 Å². The molecule has 5 heteroatoms. The molecule has 2 saturated heterocycles. The third-order valence-electron chi connectivity index (χ3n) is 4.62. The van der Waals surface area contributed by atoms with Crippen LogP contribution in [0.15, 0.2) is 0 Å². The molecule has 0 aromatic rings. The number of hydrogen-bond donors (Lipinski definition) is 0. The lowest BCUT2D eigenvalue weighted by Crippen LogP contribution is -2.57. The summed E-state index contributed by atoms with van der Waals surface area (Å²) in [4.78, 5) is 28.3. The molecule has 0 saturated carbocycles. The van der Waals surface area contributed by atoms with Crippen LogP contribution in [-0.4, -0.2) is 47.8 Å². The summed E-state index contributed by atoms with van der Waals surface area (Å²) in [7, 11) is 0. The number of carbonyl (C=O) groups excluding carboxylic acids is 2. The van der Waals surface area contributed by atoms with E-state index in [4.69, 9.17) is 5.26 Å². The standard InChI is InChI=1S/C17H27N3O2/c1-16(2,3)14(21)19-8-12(9-19)6-17(4,5)15(22)20-10-13(7-18)11-20/h12-13H,6,8-11H2,1-5H3. The minimum Gasteiger partial charge on any atom is -0.342 e. The van der Waals surface area contributed by atoms with Crippen LogP contribution < -0.4 is 0 Å². The van der Waals surface area contributed by atoms with Crippen LogP contribution >= 0.6 is 0 Å². The molecule has 2 aliphatic rings. The van der Waals surface area contributed by atoms with Crippen molar-refractivity contribution >= 4 is 11.8 Å². The van der Waals surface area contributed by atoms with Crippen molar-refractivity contribution in [3.63, 3.8) is 0 Å². The molecule has 2 fully saturated rings. The summed E-state index contributed by atoms with van der Waals surface area (Å²) in [6.45, 7) is 12.4. The number of nitriles is 1. The molecule has 0 radical (unpaired) electrons. The Balaban J connectivity index is 1.81. The van der Waals surface area contributed by atoms with Gasteiger partial charge in [0, 0.05) is 37.0 Å². The maximum atomic E-state index is 12.5. The van der Waals surface area contributed by atoms with Crippen LogP contribution in [0.1, 0.15) is 41.0 Å². The quantitative estimate of drug-likeness (QED) is 0.800. The highest BCUT2D eigenvalue weighted by atomic mass is 16.2. The second-order valence-electron chi connectivity index (χ2n) is 8.45. The van der Waals surface area contributed by atoms with Crippen LogP contribution in [0.25, 0.3) is 0 Å². The molecule has 0 aromatic heterocycles. The van der Waals surface area contributed by atoms with Gasteiger partial charge in [-0.15, -0.1) is 0 Å². The van der Waals surface area contributed by atoms with Gasteiger partial charge in [-0.25, -0.2) is 0 Å². The van der Waals surface area contributed by atoms with Gasteiger partial charge in [0.05, 0.1) is 12.0 Å². The van der Waals surface area contributed by atoms with Crippen molar-refractivity contribution in [2.45, 2.75) is 41.0 Å². The molecule has 2 heterocycles. The van der Waals surface area contributed by atoms with E-state index >= 15 is 0 Å². The van der Waals surface area contributed by atoms with E-state index < -0.39 is 5.41 Å². The first-order valence-corrected chi connectivity index (χ1v) is 8.03. The molecule has 0 aromatic carbocycles. The van der Waals surface area contributed by atoms with Crippen molar-refractivity contribution in [3.05, 3.63) is 0 Å². The zero-order valence-electron chi connectivity index (χ0n) is 14.3. The molecule has 0 spiro atoms. The molecule has 22 heavy (non-hydrogen) atoms. The van der Waals surface area contributed by atoms with Gasteiger partial charge < -0.3 is 9.80 Å². The van der Waals surface area contributed by atoms with Gasteiger partial charge in [0.1, 0.15) is 0 Å². The van der Waals surface area contributed by atoms with Gasteiger partial charge in [-0.05, 0) is 12.3 Å². The zero-order valence-corrected chi connectivity index (χ0v) is 14.3. The molecule has 2 rings (SSSR count). The van der Waals surface area contributed by atoms with Crippen molar-refractivity contribution in [2.75, 3.05) is 26.2 Å². The highest BCUT2D eigenvalue weighted by Crippen LogP contribution is 2.35. The molecule has 2 amide bonds. The molecule has 2 aliphatic heterocycles. The molecule has 122 valence electrons. The van der Waals surface area contributed by atoms with Gasteiger partial charge in [0.25, 0.3) is 0 Å². The summed E-state index contributed by atoms with van der Waals surface area (Å²) in [5.74, 6) is 0.730. The maximum absolute atomic E-state index is 12.5. The van der Waals surface area contributed by atoms with E-state index in [1.165, 1.54) is 0 Å². The fourth-order valence-electron chi connectivity index (χ4n) is 3.30. The Hall–Kier alpha value is -1.57. The predicted molar refractivity (Wildman–Crippen MR) is 83.6 cm³/mol. The van der Waals surface area contributed by atoms with E-state index in [1.54, 1.807) is 4.90 Å². The van der Waals surface area contributed by atoms with Crippen LogP contribution in [0.2, 0.25) is 0 Å². The van der Waals surface area contributed by atoms with Crippen molar-refractivity contribution in [1.82, 2.24) is 9.80 Å². The third-order valence-corrected chi connectivity index (χ3v) is 4.62. The second-order valence-corrected chi connectivity index (χ2v) is 8.45.